The van der Waals surface area contributed by atoms with E-state index in [1.54, 1.807) is 4.57 Å². The van der Waals surface area contributed by atoms with Crippen LogP contribution in [0.4, 0.5) is 0 Å². The van der Waals surface area contributed by atoms with Gasteiger partial charge in [0.05, 0.1) is 13.0 Å². The van der Waals surface area contributed by atoms with Crippen molar-refractivity contribution in [3.05, 3.63) is 138 Å². The minimum atomic E-state index is -0.606. The van der Waals surface area contributed by atoms with Crippen LogP contribution in [0.2, 0.25) is 0 Å². The van der Waals surface area contributed by atoms with Crippen LogP contribution in [0.15, 0.2) is 95.9 Å². The molecule has 1 N–H and O–H groups in total. The fraction of sp³-hybridized carbons (Fsp3) is 0.235. The van der Waals surface area contributed by atoms with Gasteiger partial charge in [-0.25, -0.2) is 9.78 Å². The Morgan fingerprint density at radius 2 is 1.58 bits per heavy atom. The van der Waals surface area contributed by atoms with Gasteiger partial charge < -0.3 is 4.52 Å². The summed E-state index contributed by atoms with van der Waals surface area (Å²) in [6, 6.07) is 23.6. The molecule has 0 aliphatic heterocycles. The van der Waals surface area contributed by atoms with E-state index in [-0.39, 0.29) is 12.0 Å². The topological polar surface area (TPSA) is 133 Å². The molecular formula is C34H31BrN6O4. The van der Waals surface area contributed by atoms with Gasteiger partial charge >= 0.3 is 5.76 Å². The first kappa shape index (κ1) is 30.1. The van der Waals surface area contributed by atoms with E-state index < -0.39 is 5.76 Å². The number of benzene rings is 3. The minimum absolute atomic E-state index is 0.106. The van der Waals surface area contributed by atoms with E-state index in [0.717, 1.165) is 51.0 Å². The molecule has 0 saturated carbocycles. The van der Waals surface area contributed by atoms with Crippen LogP contribution >= 0.6 is 15.9 Å². The Labute approximate surface area is 267 Å². The van der Waals surface area contributed by atoms with E-state index in [4.69, 9.17) is 14.0 Å². The van der Waals surface area contributed by atoms with Crippen molar-refractivity contribution in [3.63, 3.8) is 0 Å². The number of halogens is 1. The van der Waals surface area contributed by atoms with Gasteiger partial charge in [0.1, 0.15) is 5.82 Å². The van der Waals surface area contributed by atoms with Crippen LogP contribution in [0.5, 0.6) is 0 Å². The van der Waals surface area contributed by atoms with Crippen molar-refractivity contribution < 1.29 is 9.05 Å². The number of hydrogen-bond donors (Lipinski definition) is 1. The minimum Gasteiger partial charge on any atom is -0.339 e. The highest BCUT2D eigenvalue weighted by Gasteiger charge is 2.18. The van der Waals surface area contributed by atoms with Gasteiger partial charge in [-0.05, 0) is 47.7 Å². The summed E-state index contributed by atoms with van der Waals surface area (Å²) in [6.07, 6.45) is 3.36. The molecule has 0 amide bonds. The summed E-state index contributed by atoms with van der Waals surface area (Å²) in [7, 11) is 0. The SMILES string of the molecule is CCCCc1nc(C)c(Cc2nc(Cc3ccc(Br)cc3)no2)c(=O)n1Cc1ccc(-c2ccccc2-c2noc(=O)[nH]2)cc1. The monoisotopic (exact) mass is 666 g/mol. The maximum atomic E-state index is 14.0. The molecule has 0 radical (unpaired) electrons. The van der Waals surface area contributed by atoms with Gasteiger partial charge in [-0.15, -0.1) is 0 Å². The molecule has 6 aromatic rings. The quantitative estimate of drug-likeness (QED) is 0.171. The van der Waals surface area contributed by atoms with Crippen molar-refractivity contribution >= 4 is 15.9 Å². The van der Waals surface area contributed by atoms with E-state index in [1.165, 1.54) is 0 Å². The van der Waals surface area contributed by atoms with Crippen molar-refractivity contribution in [1.29, 1.82) is 0 Å². The van der Waals surface area contributed by atoms with Crippen LogP contribution in [-0.4, -0.2) is 29.8 Å². The first-order chi connectivity index (χ1) is 21.9. The number of nitrogens with one attached hydrogen (secondary N) is 1. The molecule has 3 aromatic heterocycles. The van der Waals surface area contributed by atoms with Gasteiger partial charge in [0.15, 0.2) is 11.6 Å². The molecular weight excluding hydrogens is 636 g/mol. The zero-order valence-electron chi connectivity index (χ0n) is 24.9. The molecule has 45 heavy (non-hydrogen) atoms. The normalized spacial score (nSPS) is 11.3. The van der Waals surface area contributed by atoms with Crippen molar-refractivity contribution in [2.45, 2.75) is 52.5 Å². The van der Waals surface area contributed by atoms with Crippen LogP contribution in [-0.2, 0) is 25.8 Å². The molecule has 0 unspecified atom stereocenters. The molecule has 0 saturated heterocycles. The number of aryl methyl sites for hydroxylation is 2. The van der Waals surface area contributed by atoms with Gasteiger partial charge in [0.2, 0.25) is 5.89 Å². The molecule has 10 nitrogen and oxygen atoms in total. The summed E-state index contributed by atoms with van der Waals surface area (Å²) >= 11 is 3.45. The number of aromatic nitrogens is 6. The number of nitrogens with zero attached hydrogens (tertiary/aromatic N) is 5. The number of aromatic amines is 1. The van der Waals surface area contributed by atoms with Crippen LogP contribution in [0, 0.1) is 6.92 Å². The summed E-state index contributed by atoms with van der Waals surface area (Å²) in [5.41, 5.74) is 5.72. The van der Waals surface area contributed by atoms with Crippen LogP contribution in [0.25, 0.3) is 22.5 Å². The lowest BCUT2D eigenvalue weighted by Gasteiger charge is -2.16. The van der Waals surface area contributed by atoms with Crippen LogP contribution in [0.3, 0.4) is 0 Å². The Hall–Kier alpha value is -4.90. The maximum absolute atomic E-state index is 14.0. The third-order valence-corrected chi connectivity index (χ3v) is 8.17. The van der Waals surface area contributed by atoms with E-state index in [0.29, 0.717) is 48.2 Å². The standard InChI is InChI=1S/C34H31BrN6O4/c1-3-4-9-30-36-21(2)28(19-31-37-29(39-44-31)18-22-12-16-25(35)17-13-22)33(42)41(30)20-23-10-14-24(15-11-23)26-7-5-6-8-27(26)32-38-34(43)45-40-32/h5-8,10-17H,3-4,9,18-20H2,1-2H3,(H,38,40,43). The summed E-state index contributed by atoms with van der Waals surface area (Å²) < 4.78 is 13.0. The molecule has 0 atom stereocenters. The Kier molecular flexibility index (Phi) is 8.97. The van der Waals surface area contributed by atoms with Gasteiger partial charge in [-0.3, -0.25) is 18.9 Å². The van der Waals surface area contributed by atoms with Crippen molar-refractivity contribution in [3.8, 4) is 22.5 Å². The molecule has 0 aliphatic carbocycles. The second-order valence-electron chi connectivity index (χ2n) is 10.9. The molecule has 6 rings (SSSR count). The smallest absolute Gasteiger partial charge is 0.339 e. The Bertz CT molecular complexity index is 2040. The maximum Gasteiger partial charge on any atom is 0.439 e. The predicted octanol–water partition coefficient (Wildman–Crippen LogP) is 6.28. The summed E-state index contributed by atoms with van der Waals surface area (Å²) in [5, 5.41) is 8.00. The second-order valence-corrected chi connectivity index (χ2v) is 11.8. The molecule has 0 spiro atoms. The second kappa shape index (κ2) is 13.4. The molecule has 0 fully saturated rings. The third-order valence-electron chi connectivity index (χ3n) is 7.64. The van der Waals surface area contributed by atoms with E-state index in [9.17, 15) is 9.59 Å². The predicted molar refractivity (Wildman–Crippen MR) is 173 cm³/mol. The van der Waals surface area contributed by atoms with E-state index in [2.05, 4.69) is 43.1 Å². The van der Waals surface area contributed by atoms with Crippen molar-refractivity contribution in [2.24, 2.45) is 0 Å². The third kappa shape index (κ3) is 6.93. The van der Waals surface area contributed by atoms with Gasteiger partial charge in [0, 0.05) is 34.1 Å². The van der Waals surface area contributed by atoms with Crippen molar-refractivity contribution in [2.75, 3.05) is 0 Å². The lowest BCUT2D eigenvalue weighted by molar-refractivity contribution is 0.379. The molecule has 3 aromatic carbocycles. The molecule has 228 valence electrons. The fourth-order valence-electron chi connectivity index (χ4n) is 5.28. The Morgan fingerprint density at radius 3 is 2.29 bits per heavy atom. The highest BCUT2D eigenvalue weighted by Crippen LogP contribution is 2.30. The average Bonchev–Trinajstić information content (AvgIpc) is 3.69. The Morgan fingerprint density at radius 1 is 0.844 bits per heavy atom. The highest BCUT2D eigenvalue weighted by molar-refractivity contribution is 9.10. The van der Waals surface area contributed by atoms with Gasteiger partial charge in [-0.2, -0.15) is 4.98 Å². The first-order valence-electron chi connectivity index (χ1n) is 14.8. The molecule has 3 heterocycles. The van der Waals surface area contributed by atoms with Crippen LogP contribution < -0.4 is 11.3 Å². The average molecular weight is 668 g/mol. The highest BCUT2D eigenvalue weighted by atomic mass is 79.9. The fourth-order valence-corrected chi connectivity index (χ4v) is 5.54. The lowest BCUT2D eigenvalue weighted by atomic mass is 9.98. The number of unbranched alkanes of at least 4 members (excludes halogenated alkanes) is 1. The first-order valence-corrected chi connectivity index (χ1v) is 15.6. The summed E-state index contributed by atoms with van der Waals surface area (Å²) in [6.45, 7) is 4.36. The van der Waals surface area contributed by atoms with Crippen molar-refractivity contribution in [1.82, 2.24) is 29.8 Å². The number of rotatable bonds is 11. The summed E-state index contributed by atoms with van der Waals surface area (Å²) in [4.78, 5) is 37.6. The van der Waals surface area contributed by atoms with Crippen LogP contribution in [0.1, 0.15) is 59.7 Å². The number of hydrogen-bond acceptors (Lipinski definition) is 8. The molecule has 0 aliphatic rings. The van der Waals surface area contributed by atoms with E-state index >= 15 is 0 Å². The zero-order valence-corrected chi connectivity index (χ0v) is 26.5. The largest absolute Gasteiger partial charge is 0.439 e. The number of H-pyrrole nitrogens is 1. The van der Waals surface area contributed by atoms with Gasteiger partial charge in [0.25, 0.3) is 5.56 Å². The molecule has 0 bridgehead atoms. The summed E-state index contributed by atoms with van der Waals surface area (Å²) in [5.74, 6) is 1.47. The molecule has 11 heteroatoms. The Balaban J connectivity index is 1.27. The zero-order chi connectivity index (χ0) is 31.3. The van der Waals surface area contributed by atoms with Gasteiger partial charge in [-0.1, -0.05) is 100 Å². The van der Waals surface area contributed by atoms with E-state index in [1.807, 2.05) is 79.7 Å². The lowest BCUT2D eigenvalue weighted by Crippen LogP contribution is -2.30.